The van der Waals surface area contributed by atoms with Crippen molar-refractivity contribution in [3.05, 3.63) is 18.5 Å². The number of hydrogen-bond acceptors (Lipinski definition) is 4. The minimum absolute atomic E-state index is 0.177. The number of carboxylic acid groups (broad SMARTS) is 1. The Morgan fingerprint density at radius 1 is 1.44 bits per heavy atom. The molecule has 0 amide bonds. The van der Waals surface area contributed by atoms with Crippen LogP contribution in [0.2, 0.25) is 0 Å². The van der Waals surface area contributed by atoms with Crippen LogP contribution in [0.15, 0.2) is 18.5 Å². The molecular formula is C11H17N3O2. The van der Waals surface area contributed by atoms with Crippen molar-refractivity contribution >= 4 is 11.9 Å². The van der Waals surface area contributed by atoms with Crippen molar-refractivity contribution in [3.63, 3.8) is 0 Å². The third-order valence-electron chi connectivity index (χ3n) is 2.22. The molecule has 0 unspecified atom stereocenters. The lowest BCUT2D eigenvalue weighted by Gasteiger charge is -2.26. The molecule has 0 saturated heterocycles. The van der Waals surface area contributed by atoms with Crippen LogP contribution in [0.25, 0.3) is 0 Å². The molecule has 16 heavy (non-hydrogen) atoms. The van der Waals surface area contributed by atoms with Crippen molar-refractivity contribution in [2.24, 2.45) is 0 Å². The second-order valence-electron chi connectivity index (χ2n) is 3.83. The summed E-state index contributed by atoms with van der Waals surface area (Å²) in [5.74, 6) is -0.111. The van der Waals surface area contributed by atoms with Crippen LogP contribution < -0.4 is 4.90 Å². The van der Waals surface area contributed by atoms with Crippen LogP contribution in [0.1, 0.15) is 26.7 Å². The molecule has 5 heteroatoms. The number of nitrogens with zero attached hydrogens (tertiary/aromatic N) is 3. The molecule has 0 saturated carbocycles. The number of carboxylic acids is 1. The van der Waals surface area contributed by atoms with Gasteiger partial charge in [-0.3, -0.25) is 4.79 Å². The summed E-state index contributed by atoms with van der Waals surface area (Å²) in [6.07, 6.45) is 4.16. The third-order valence-corrected chi connectivity index (χ3v) is 2.22. The van der Waals surface area contributed by atoms with Crippen molar-refractivity contribution in [1.29, 1.82) is 0 Å². The topological polar surface area (TPSA) is 66.3 Å². The average Bonchev–Trinajstić information content (AvgIpc) is 2.25. The third kappa shape index (κ3) is 3.84. The molecule has 0 aliphatic carbocycles. The second kappa shape index (κ2) is 6.05. The molecule has 0 fully saturated rings. The quantitative estimate of drug-likeness (QED) is 0.792. The zero-order chi connectivity index (χ0) is 12.0. The first-order chi connectivity index (χ1) is 7.61. The molecule has 0 atom stereocenters. The summed E-state index contributed by atoms with van der Waals surface area (Å²) in [4.78, 5) is 20.8. The predicted molar refractivity (Wildman–Crippen MR) is 61.4 cm³/mol. The van der Waals surface area contributed by atoms with Gasteiger partial charge < -0.3 is 10.0 Å². The number of anilines is 1. The van der Waals surface area contributed by atoms with E-state index in [-0.39, 0.29) is 12.5 Å². The number of rotatable bonds is 6. The van der Waals surface area contributed by atoms with Gasteiger partial charge in [0.15, 0.2) is 0 Å². The molecule has 1 heterocycles. The monoisotopic (exact) mass is 223 g/mol. The Kier molecular flexibility index (Phi) is 4.69. The Hall–Kier alpha value is -1.65. The Morgan fingerprint density at radius 2 is 2.06 bits per heavy atom. The van der Waals surface area contributed by atoms with Crippen molar-refractivity contribution in [2.75, 3.05) is 11.4 Å². The van der Waals surface area contributed by atoms with Crippen LogP contribution in [0, 0.1) is 0 Å². The zero-order valence-electron chi connectivity index (χ0n) is 9.63. The van der Waals surface area contributed by atoms with E-state index in [1.807, 2.05) is 18.7 Å². The zero-order valence-corrected chi connectivity index (χ0v) is 9.63. The molecule has 1 aromatic rings. The van der Waals surface area contributed by atoms with Crippen molar-refractivity contribution in [3.8, 4) is 0 Å². The Morgan fingerprint density at radius 3 is 2.56 bits per heavy atom. The fourth-order valence-corrected chi connectivity index (χ4v) is 1.43. The van der Waals surface area contributed by atoms with Gasteiger partial charge in [-0.1, -0.05) is 0 Å². The first kappa shape index (κ1) is 12.4. The summed E-state index contributed by atoms with van der Waals surface area (Å²) in [5, 5.41) is 8.59. The predicted octanol–water partition coefficient (Wildman–Crippen LogP) is 1.56. The van der Waals surface area contributed by atoms with E-state index in [1.54, 1.807) is 18.5 Å². The van der Waals surface area contributed by atoms with E-state index in [0.29, 0.717) is 18.9 Å². The number of hydrogen-bond donors (Lipinski definition) is 1. The van der Waals surface area contributed by atoms with Gasteiger partial charge in [-0.05, 0) is 26.3 Å². The van der Waals surface area contributed by atoms with Gasteiger partial charge in [0, 0.05) is 31.4 Å². The molecule has 0 aliphatic heterocycles. The smallest absolute Gasteiger partial charge is 0.303 e. The maximum Gasteiger partial charge on any atom is 0.303 e. The van der Waals surface area contributed by atoms with Crippen LogP contribution in [-0.2, 0) is 4.79 Å². The summed E-state index contributed by atoms with van der Waals surface area (Å²) in [6, 6.07) is 2.02. The van der Waals surface area contributed by atoms with Gasteiger partial charge in [0.1, 0.15) is 0 Å². The molecule has 0 aliphatic rings. The minimum atomic E-state index is -0.766. The van der Waals surface area contributed by atoms with E-state index in [2.05, 4.69) is 9.97 Å². The molecule has 0 aromatic carbocycles. The number of aliphatic carboxylic acids is 1. The van der Waals surface area contributed by atoms with Crippen LogP contribution in [0.5, 0.6) is 0 Å². The van der Waals surface area contributed by atoms with Crippen LogP contribution in [0.4, 0.5) is 5.95 Å². The number of aromatic nitrogens is 2. The van der Waals surface area contributed by atoms with Crippen LogP contribution in [-0.4, -0.2) is 33.6 Å². The molecule has 88 valence electrons. The summed E-state index contributed by atoms with van der Waals surface area (Å²) in [7, 11) is 0. The van der Waals surface area contributed by atoms with Gasteiger partial charge in [0.25, 0.3) is 0 Å². The molecule has 0 spiro atoms. The Bertz CT molecular complexity index is 327. The molecule has 1 aromatic heterocycles. The Balaban J connectivity index is 2.58. The molecule has 0 bridgehead atoms. The van der Waals surface area contributed by atoms with E-state index in [1.165, 1.54) is 0 Å². The standard InChI is InChI=1S/C11H17N3O2/c1-9(2)14(8-3-5-10(15)16)11-12-6-4-7-13-11/h4,6-7,9H,3,5,8H2,1-2H3,(H,15,16). The highest BCUT2D eigenvalue weighted by Gasteiger charge is 2.12. The highest BCUT2D eigenvalue weighted by atomic mass is 16.4. The normalized spacial score (nSPS) is 10.4. The first-order valence-corrected chi connectivity index (χ1v) is 5.36. The van der Waals surface area contributed by atoms with Gasteiger partial charge >= 0.3 is 5.97 Å². The van der Waals surface area contributed by atoms with E-state index < -0.39 is 5.97 Å². The van der Waals surface area contributed by atoms with E-state index >= 15 is 0 Å². The summed E-state index contributed by atoms with van der Waals surface area (Å²) in [6.45, 7) is 4.74. The van der Waals surface area contributed by atoms with E-state index in [4.69, 9.17) is 5.11 Å². The van der Waals surface area contributed by atoms with Crippen LogP contribution in [0.3, 0.4) is 0 Å². The maximum atomic E-state index is 10.4. The molecule has 5 nitrogen and oxygen atoms in total. The van der Waals surface area contributed by atoms with E-state index in [9.17, 15) is 4.79 Å². The van der Waals surface area contributed by atoms with Crippen molar-refractivity contribution in [1.82, 2.24) is 9.97 Å². The van der Waals surface area contributed by atoms with Gasteiger partial charge in [0.05, 0.1) is 0 Å². The van der Waals surface area contributed by atoms with Crippen LogP contribution >= 0.6 is 0 Å². The van der Waals surface area contributed by atoms with Crippen molar-refractivity contribution < 1.29 is 9.90 Å². The summed E-state index contributed by atoms with van der Waals surface area (Å²) >= 11 is 0. The first-order valence-electron chi connectivity index (χ1n) is 5.36. The lowest BCUT2D eigenvalue weighted by Crippen LogP contribution is -2.33. The highest BCUT2D eigenvalue weighted by Crippen LogP contribution is 2.10. The largest absolute Gasteiger partial charge is 0.481 e. The fraction of sp³-hybridized carbons (Fsp3) is 0.545. The SMILES string of the molecule is CC(C)N(CCCC(=O)O)c1ncccn1. The summed E-state index contributed by atoms with van der Waals surface area (Å²) in [5.41, 5.74) is 0. The summed E-state index contributed by atoms with van der Waals surface area (Å²) < 4.78 is 0. The van der Waals surface area contributed by atoms with Gasteiger partial charge in [0.2, 0.25) is 5.95 Å². The van der Waals surface area contributed by atoms with E-state index in [0.717, 1.165) is 0 Å². The molecule has 0 radical (unpaired) electrons. The van der Waals surface area contributed by atoms with Gasteiger partial charge in [-0.15, -0.1) is 0 Å². The maximum absolute atomic E-state index is 10.4. The molecule has 1 rings (SSSR count). The lowest BCUT2D eigenvalue weighted by atomic mass is 10.2. The second-order valence-corrected chi connectivity index (χ2v) is 3.83. The van der Waals surface area contributed by atoms with Gasteiger partial charge in [-0.25, -0.2) is 9.97 Å². The fourth-order valence-electron chi connectivity index (χ4n) is 1.43. The molecular weight excluding hydrogens is 206 g/mol. The van der Waals surface area contributed by atoms with Gasteiger partial charge in [-0.2, -0.15) is 0 Å². The molecule has 1 N–H and O–H groups in total. The average molecular weight is 223 g/mol. The number of carbonyl (C=O) groups is 1. The minimum Gasteiger partial charge on any atom is -0.481 e. The lowest BCUT2D eigenvalue weighted by molar-refractivity contribution is -0.137. The van der Waals surface area contributed by atoms with Crippen molar-refractivity contribution in [2.45, 2.75) is 32.7 Å². The Labute approximate surface area is 95.1 Å². The highest BCUT2D eigenvalue weighted by molar-refractivity contribution is 5.66.